The number of hydrogen-bond acceptors (Lipinski definition) is 4. The molecule has 1 aromatic carbocycles. The van der Waals surface area contributed by atoms with Gasteiger partial charge in [0.2, 0.25) is 0 Å². The lowest BCUT2D eigenvalue weighted by Crippen LogP contribution is -2.01. The highest BCUT2D eigenvalue weighted by molar-refractivity contribution is 7.09. The van der Waals surface area contributed by atoms with Gasteiger partial charge in [-0.05, 0) is 49.9 Å². The van der Waals surface area contributed by atoms with Crippen molar-refractivity contribution in [1.29, 1.82) is 0 Å². The van der Waals surface area contributed by atoms with Crippen molar-refractivity contribution in [2.75, 3.05) is 6.61 Å². The molecular formula is C16H19NO3S. The molecule has 0 saturated carbocycles. The van der Waals surface area contributed by atoms with Gasteiger partial charge >= 0.3 is 5.97 Å². The summed E-state index contributed by atoms with van der Waals surface area (Å²) in [4.78, 5) is 15.3. The van der Waals surface area contributed by atoms with Crippen LogP contribution in [0.3, 0.4) is 0 Å². The monoisotopic (exact) mass is 305 g/mol. The Hall–Kier alpha value is -1.72. The first-order valence-corrected chi connectivity index (χ1v) is 7.76. The van der Waals surface area contributed by atoms with Crippen LogP contribution in [0, 0.1) is 13.8 Å². The molecule has 0 radical (unpaired) electrons. The third-order valence-corrected chi connectivity index (χ3v) is 4.16. The maximum absolute atomic E-state index is 11.0. The van der Waals surface area contributed by atoms with Gasteiger partial charge in [-0.1, -0.05) is 6.07 Å². The summed E-state index contributed by atoms with van der Waals surface area (Å²) < 4.78 is 5.60. The molecule has 0 aliphatic rings. The Bertz CT molecular complexity index is 622. The van der Waals surface area contributed by atoms with Crippen LogP contribution in [0.4, 0.5) is 0 Å². The van der Waals surface area contributed by atoms with Gasteiger partial charge in [-0.2, -0.15) is 0 Å². The van der Waals surface area contributed by atoms with Crippen LogP contribution < -0.4 is 0 Å². The highest BCUT2D eigenvalue weighted by Crippen LogP contribution is 2.14. The second-order valence-corrected chi connectivity index (χ2v) is 5.93. The van der Waals surface area contributed by atoms with E-state index in [0.29, 0.717) is 18.8 Å². The van der Waals surface area contributed by atoms with Crippen molar-refractivity contribution < 1.29 is 14.6 Å². The highest BCUT2D eigenvalue weighted by atomic mass is 32.1. The molecule has 0 aliphatic heterocycles. The Labute approximate surface area is 128 Å². The second-order valence-electron chi connectivity index (χ2n) is 4.99. The van der Waals surface area contributed by atoms with E-state index < -0.39 is 5.97 Å². The Morgan fingerprint density at radius 1 is 1.38 bits per heavy atom. The van der Waals surface area contributed by atoms with Gasteiger partial charge < -0.3 is 9.84 Å². The summed E-state index contributed by atoms with van der Waals surface area (Å²) in [6.07, 6.45) is 1.69. The number of aromatic nitrogens is 1. The standard InChI is InChI=1S/C16H19NO3S/c1-11-5-6-14(16(18)19)8-13(11)4-3-7-20-9-15-17-12(2)10-21-15/h5-6,8,10H,3-4,7,9H2,1-2H3,(H,18,19). The fourth-order valence-electron chi connectivity index (χ4n) is 2.07. The predicted molar refractivity (Wildman–Crippen MR) is 83.0 cm³/mol. The number of nitrogens with zero attached hydrogens (tertiary/aromatic N) is 1. The number of carbonyl (C=O) groups is 1. The Morgan fingerprint density at radius 3 is 2.86 bits per heavy atom. The van der Waals surface area contributed by atoms with Crippen molar-refractivity contribution in [2.45, 2.75) is 33.3 Å². The minimum atomic E-state index is -0.883. The molecule has 21 heavy (non-hydrogen) atoms. The van der Waals surface area contributed by atoms with E-state index in [1.54, 1.807) is 23.5 Å². The molecule has 0 spiro atoms. The fraction of sp³-hybridized carbons (Fsp3) is 0.375. The number of rotatable bonds is 7. The van der Waals surface area contributed by atoms with E-state index in [0.717, 1.165) is 34.7 Å². The third kappa shape index (κ3) is 4.65. The molecule has 2 rings (SSSR count). The fourth-order valence-corrected chi connectivity index (χ4v) is 2.77. The van der Waals surface area contributed by atoms with Crippen LogP contribution in [0.15, 0.2) is 23.6 Å². The van der Waals surface area contributed by atoms with Crippen molar-refractivity contribution in [3.05, 3.63) is 51.0 Å². The van der Waals surface area contributed by atoms with Crippen LogP contribution in [-0.4, -0.2) is 22.7 Å². The molecule has 0 amide bonds. The van der Waals surface area contributed by atoms with Gasteiger partial charge in [-0.3, -0.25) is 0 Å². The Kier molecular flexibility index (Phi) is 5.47. The van der Waals surface area contributed by atoms with Crippen LogP contribution in [0.1, 0.15) is 38.6 Å². The molecule has 4 nitrogen and oxygen atoms in total. The van der Waals surface area contributed by atoms with Gasteiger partial charge in [0.1, 0.15) is 5.01 Å². The van der Waals surface area contributed by atoms with Crippen molar-refractivity contribution >= 4 is 17.3 Å². The maximum Gasteiger partial charge on any atom is 0.335 e. The van der Waals surface area contributed by atoms with Crippen molar-refractivity contribution in [3.8, 4) is 0 Å². The molecule has 5 heteroatoms. The SMILES string of the molecule is Cc1csc(COCCCc2cc(C(=O)O)ccc2C)n1. The summed E-state index contributed by atoms with van der Waals surface area (Å²) >= 11 is 1.61. The van der Waals surface area contributed by atoms with E-state index in [1.807, 2.05) is 25.3 Å². The van der Waals surface area contributed by atoms with Crippen molar-refractivity contribution in [3.63, 3.8) is 0 Å². The smallest absolute Gasteiger partial charge is 0.335 e. The minimum absolute atomic E-state index is 0.342. The normalized spacial score (nSPS) is 10.8. The molecule has 0 fully saturated rings. The average Bonchev–Trinajstić information content (AvgIpc) is 2.85. The number of benzene rings is 1. The van der Waals surface area contributed by atoms with E-state index >= 15 is 0 Å². The van der Waals surface area contributed by atoms with Crippen LogP contribution in [0.2, 0.25) is 0 Å². The lowest BCUT2D eigenvalue weighted by Gasteiger charge is -2.07. The Morgan fingerprint density at radius 2 is 2.19 bits per heavy atom. The molecule has 0 atom stereocenters. The van der Waals surface area contributed by atoms with E-state index in [4.69, 9.17) is 9.84 Å². The van der Waals surface area contributed by atoms with Gasteiger partial charge in [0.15, 0.2) is 0 Å². The van der Waals surface area contributed by atoms with Crippen molar-refractivity contribution in [2.24, 2.45) is 0 Å². The predicted octanol–water partition coefficient (Wildman–Crippen LogP) is 3.61. The third-order valence-electron chi connectivity index (χ3n) is 3.22. The first-order chi connectivity index (χ1) is 10.1. The molecule has 112 valence electrons. The lowest BCUT2D eigenvalue weighted by molar-refractivity contribution is 0.0696. The number of carboxylic acid groups (broad SMARTS) is 1. The van der Waals surface area contributed by atoms with E-state index in [-0.39, 0.29) is 0 Å². The largest absolute Gasteiger partial charge is 0.478 e. The summed E-state index contributed by atoms with van der Waals surface area (Å²) in [6.45, 7) is 5.17. The minimum Gasteiger partial charge on any atom is -0.478 e. The number of carboxylic acids is 1. The molecular weight excluding hydrogens is 286 g/mol. The molecule has 0 saturated heterocycles. The molecule has 1 heterocycles. The molecule has 0 aliphatic carbocycles. The summed E-state index contributed by atoms with van der Waals surface area (Å²) in [5.41, 5.74) is 3.56. The maximum atomic E-state index is 11.0. The second kappa shape index (κ2) is 7.33. The number of thiazole rings is 1. The van der Waals surface area contributed by atoms with Crippen LogP contribution in [0.25, 0.3) is 0 Å². The molecule has 2 aromatic rings. The molecule has 0 unspecified atom stereocenters. The van der Waals surface area contributed by atoms with Gasteiger partial charge in [0.05, 0.1) is 12.2 Å². The highest BCUT2D eigenvalue weighted by Gasteiger charge is 2.06. The van der Waals surface area contributed by atoms with Gasteiger partial charge in [0.25, 0.3) is 0 Å². The zero-order chi connectivity index (χ0) is 15.2. The quantitative estimate of drug-likeness (QED) is 0.794. The summed E-state index contributed by atoms with van der Waals surface area (Å²) in [5, 5.41) is 12.0. The number of aromatic carboxylic acids is 1. The number of aryl methyl sites for hydroxylation is 3. The molecule has 1 N–H and O–H groups in total. The lowest BCUT2D eigenvalue weighted by atomic mass is 10.0. The van der Waals surface area contributed by atoms with E-state index in [9.17, 15) is 4.79 Å². The van der Waals surface area contributed by atoms with E-state index in [2.05, 4.69) is 4.98 Å². The van der Waals surface area contributed by atoms with E-state index in [1.165, 1.54) is 0 Å². The number of hydrogen-bond donors (Lipinski definition) is 1. The van der Waals surface area contributed by atoms with Crippen LogP contribution >= 0.6 is 11.3 Å². The van der Waals surface area contributed by atoms with Gasteiger partial charge in [-0.15, -0.1) is 11.3 Å². The molecule has 1 aromatic heterocycles. The first-order valence-electron chi connectivity index (χ1n) is 6.88. The summed E-state index contributed by atoms with van der Waals surface area (Å²) in [7, 11) is 0. The van der Waals surface area contributed by atoms with Crippen LogP contribution in [0.5, 0.6) is 0 Å². The topological polar surface area (TPSA) is 59.4 Å². The molecule has 0 bridgehead atoms. The average molecular weight is 305 g/mol. The zero-order valence-corrected chi connectivity index (χ0v) is 13.1. The zero-order valence-electron chi connectivity index (χ0n) is 12.3. The Balaban J connectivity index is 1.78. The van der Waals surface area contributed by atoms with Crippen LogP contribution in [-0.2, 0) is 17.8 Å². The van der Waals surface area contributed by atoms with Gasteiger partial charge in [-0.25, -0.2) is 9.78 Å². The summed E-state index contributed by atoms with van der Waals surface area (Å²) in [6, 6.07) is 5.25. The van der Waals surface area contributed by atoms with Gasteiger partial charge in [0, 0.05) is 17.7 Å². The first kappa shape index (κ1) is 15.7. The number of ether oxygens (including phenoxy) is 1. The summed E-state index contributed by atoms with van der Waals surface area (Å²) in [5.74, 6) is -0.883. The van der Waals surface area contributed by atoms with Crippen molar-refractivity contribution in [1.82, 2.24) is 4.98 Å².